The first kappa shape index (κ1) is 20.0. The summed E-state index contributed by atoms with van der Waals surface area (Å²) in [6.07, 6.45) is 1.11. The predicted octanol–water partition coefficient (Wildman–Crippen LogP) is 3.26. The van der Waals surface area contributed by atoms with Crippen LogP contribution >= 0.6 is 0 Å². The minimum Gasteiger partial charge on any atom is -0.348 e. The van der Waals surface area contributed by atoms with E-state index >= 15 is 0 Å². The van der Waals surface area contributed by atoms with Gasteiger partial charge in [0, 0.05) is 0 Å². The summed E-state index contributed by atoms with van der Waals surface area (Å²) >= 11 is 0. The van der Waals surface area contributed by atoms with E-state index in [-0.39, 0.29) is 18.5 Å². The quantitative estimate of drug-likeness (QED) is 0.844. The Morgan fingerprint density at radius 1 is 1.08 bits per heavy atom. The number of sulfonamides is 1. The SMILES string of the molecule is Cc1cccc(N(CC(=O)N[C@@H](C)c2cc(C)ccc2C)S(C)(=O)=O)c1. The van der Waals surface area contributed by atoms with Gasteiger partial charge in [-0.05, 0) is 56.5 Å². The molecule has 0 unspecified atom stereocenters. The number of carbonyl (C=O) groups is 1. The molecule has 0 fully saturated rings. The summed E-state index contributed by atoms with van der Waals surface area (Å²) in [6.45, 7) is 7.52. The van der Waals surface area contributed by atoms with Crippen molar-refractivity contribution < 1.29 is 13.2 Å². The van der Waals surface area contributed by atoms with Gasteiger partial charge >= 0.3 is 0 Å². The summed E-state index contributed by atoms with van der Waals surface area (Å²) in [5.41, 5.74) is 4.65. The minimum absolute atomic E-state index is 0.207. The normalized spacial score (nSPS) is 12.5. The topological polar surface area (TPSA) is 66.5 Å². The lowest BCUT2D eigenvalue weighted by Gasteiger charge is -2.24. The number of carbonyl (C=O) groups excluding carboxylic acids is 1. The van der Waals surface area contributed by atoms with Crippen molar-refractivity contribution in [2.75, 3.05) is 17.1 Å². The molecular formula is C20H26N2O3S. The zero-order valence-corrected chi connectivity index (χ0v) is 16.7. The number of nitrogens with one attached hydrogen (secondary N) is 1. The van der Waals surface area contributed by atoms with Gasteiger partial charge in [0.1, 0.15) is 6.54 Å². The summed E-state index contributed by atoms with van der Waals surface area (Å²) in [6, 6.07) is 13.0. The Kier molecular flexibility index (Phi) is 6.08. The van der Waals surface area contributed by atoms with Crippen LogP contribution in [-0.2, 0) is 14.8 Å². The maximum Gasteiger partial charge on any atom is 0.241 e. The summed E-state index contributed by atoms with van der Waals surface area (Å²) in [5, 5.41) is 2.91. The van der Waals surface area contributed by atoms with Crippen molar-refractivity contribution >= 4 is 21.6 Å². The van der Waals surface area contributed by atoms with Gasteiger partial charge in [-0.15, -0.1) is 0 Å². The highest BCUT2D eigenvalue weighted by atomic mass is 32.2. The van der Waals surface area contributed by atoms with Crippen molar-refractivity contribution in [1.82, 2.24) is 5.32 Å². The molecule has 0 aliphatic carbocycles. The first-order valence-corrected chi connectivity index (χ1v) is 10.3. The molecule has 2 rings (SSSR count). The van der Waals surface area contributed by atoms with E-state index < -0.39 is 10.0 Å². The molecule has 0 aromatic heterocycles. The van der Waals surface area contributed by atoms with Crippen LogP contribution in [0.5, 0.6) is 0 Å². The van der Waals surface area contributed by atoms with E-state index in [0.29, 0.717) is 5.69 Å². The predicted molar refractivity (Wildman–Crippen MR) is 106 cm³/mol. The summed E-state index contributed by atoms with van der Waals surface area (Å²) in [4.78, 5) is 12.5. The molecule has 140 valence electrons. The number of benzene rings is 2. The van der Waals surface area contributed by atoms with Gasteiger partial charge in [-0.1, -0.05) is 35.9 Å². The Hall–Kier alpha value is -2.34. The van der Waals surface area contributed by atoms with E-state index in [1.165, 1.54) is 0 Å². The zero-order chi connectivity index (χ0) is 19.5. The van der Waals surface area contributed by atoms with Gasteiger partial charge in [-0.2, -0.15) is 0 Å². The average molecular weight is 375 g/mol. The fourth-order valence-corrected chi connectivity index (χ4v) is 3.75. The van der Waals surface area contributed by atoms with E-state index in [4.69, 9.17) is 0 Å². The lowest BCUT2D eigenvalue weighted by Crippen LogP contribution is -2.41. The standard InChI is InChI=1S/C20H26N2O3S/c1-14-7-6-8-18(11-14)22(26(5,24)25)13-20(23)21-17(4)19-12-15(2)9-10-16(19)3/h6-12,17H,13H2,1-5H3,(H,21,23)/t17-/m0/s1. The van der Waals surface area contributed by atoms with E-state index in [0.717, 1.165) is 32.8 Å². The van der Waals surface area contributed by atoms with Gasteiger partial charge < -0.3 is 5.32 Å². The highest BCUT2D eigenvalue weighted by Gasteiger charge is 2.22. The molecule has 1 atom stereocenters. The highest BCUT2D eigenvalue weighted by Crippen LogP contribution is 2.21. The Labute approximate surface area is 156 Å². The number of hydrogen-bond acceptors (Lipinski definition) is 3. The van der Waals surface area contributed by atoms with Gasteiger partial charge in [0.2, 0.25) is 15.9 Å². The molecule has 0 heterocycles. The second-order valence-electron chi connectivity index (χ2n) is 6.76. The highest BCUT2D eigenvalue weighted by molar-refractivity contribution is 7.92. The minimum atomic E-state index is -3.57. The molecule has 0 aliphatic rings. The summed E-state index contributed by atoms with van der Waals surface area (Å²) in [5.74, 6) is -0.342. The largest absolute Gasteiger partial charge is 0.348 e. The maximum atomic E-state index is 12.5. The Bertz CT molecular complexity index is 907. The van der Waals surface area contributed by atoms with Crippen LogP contribution in [0.3, 0.4) is 0 Å². The molecule has 0 aliphatic heterocycles. The van der Waals surface area contributed by atoms with Crippen LogP contribution in [0.1, 0.15) is 35.2 Å². The van der Waals surface area contributed by atoms with E-state index in [1.54, 1.807) is 18.2 Å². The Balaban J connectivity index is 2.19. The van der Waals surface area contributed by atoms with Crippen molar-refractivity contribution in [3.8, 4) is 0 Å². The molecule has 0 spiro atoms. The third-order valence-corrected chi connectivity index (χ3v) is 5.40. The van der Waals surface area contributed by atoms with E-state index in [1.807, 2.05) is 52.0 Å². The number of amides is 1. The first-order valence-electron chi connectivity index (χ1n) is 8.49. The van der Waals surface area contributed by atoms with Crippen LogP contribution < -0.4 is 9.62 Å². The van der Waals surface area contributed by atoms with Crippen LogP contribution in [0.15, 0.2) is 42.5 Å². The molecule has 0 saturated heterocycles. The molecular weight excluding hydrogens is 348 g/mol. The molecule has 2 aromatic carbocycles. The Morgan fingerprint density at radius 2 is 1.73 bits per heavy atom. The number of nitrogens with zero attached hydrogens (tertiary/aromatic N) is 1. The number of aryl methyl sites for hydroxylation is 3. The lowest BCUT2D eigenvalue weighted by atomic mass is 10.00. The van der Waals surface area contributed by atoms with Gasteiger partial charge in [-0.25, -0.2) is 8.42 Å². The molecule has 5 nitrogen and oxygen atoms in total. The smallest absolute Gasteiger partial charge is 0.241 e. The average Bonchev–Trinajstić information content (AvgIpc) is 2.53. The van der Waals surface area contributed by atoms with Crippen molar-refractivity contribution in [2.45, 2.75) is 33.7 Å². The second kappa shape index (κ2) is 7.91. The molecule has 1 N–H and O–H groups in total. The van der Waals surface area contributed by atoms with Gasteiger partial charge in [0.15, 0.2) is 0 Å². The number of anilines is 1. The fraction of sp³-hybridized carbons (Fsp3) is 0.350. The first-order chi connectivity index (χ1) is 12.1. The van der Waals surface area contributed by atoms with Crippen molar-refractivity contribution in [2.24, 2.45) is 0 Å². The lowest BCUT2D eigenvalue weighted by molar-refractivity contribution is -0.120. The summed E-state index contributed by atoms with van der Waals surface area (Å²) in [7, 11) is -3.57. The zero-order valence-electron chi connectivity index (χ0n) is 15.9. The van der Waals surface area contributed by atoms with Crippen molar-refractivity contribution in [1.29, 1.82) is 0 Å². The third-order valence-electron chi connectivity index (χ3n) is 4.26. The Morgan fingerprint density at radius 3 is 2.35 bits per heavy atom. The van der Waals surface area contributed by atoms with Gasteiger partial charge in [-0.3, -0.25) is 9.10 Å². The van der Waals surface area contributed by atoms with Crippen LogP contribution in [0, 0.1) is 20.8 Å². The van der Waals surface area contributed by atoms with Gasteiger partial charge in [0.25, 0.3) is 0 Å². The molecule has 0 bridgehead atoms. The van der Waals surface area contributed by atoms with Crippen molar-refractivity contribution in [3.05, 3.63) is 64.7 Å². The van der Waals surface area contributed by atoms with Crippen LogP contribution in [0.4, 0.5) is 5.69 Å². The molecule has 0 radical (unpaired) electrons. The van der Waals surface area contributed by atoms with Crippen molar-refractivity contribution in [3.63, 3.8) is 0 Å². The van der Waals surface area contributed by atoms with E-state index in [9.17, 15) is 13.2 Å². The molecule has 26 heavy (non-hydrogen) atoms. The second-order valence-corrected chi connectivity index (χ2v) is 8.66. The number of hydrogen-bond donors (Lipinski definition) is 1. The summed E-state index contributed by atoms with van der Waals surface area (Å²) < 4.78 is 25.5. The van der Waals surface area contributed by atoms with Crippen LogP contribution in [-0.4, -0.2) is 27.1 Å². The molecule has 6 heteroatoms. The third kappa shape index (κ3) is 5.08. The number of rotatable bonds is 6. The van der Waals surface area contributed by atoms with Crippen LogP contribution in [0.2, 0.25) is 0 Å². The maximum absolute atomic E-state index is 12.5. The van der Waals surface area contributed by atoms with Crippen LogP contribution in [0.25, 0.3) is 0 Å². The fourth-order valence-electron chi connectivity index (χ4n) is 2.90. The van der Waals surface area contributed by atoms with E-state index in [2.05, 4.69) is 5.32 Å². The molecule has 1 amide bonds. The van der Waals surface area contributed by atoms with Gasteiger partial charge in [0.05, 0.1) is 18.0 Å². The monoisotopic (exact) mass is 374 g/mol. The molecule has 0 saturated carbocycles. The molecule has 2 aromatic rings.